The van der Waals surface area contributed by atoms with Gasteiger partial charge in [0, 0.05) is 5.33 Å². The SMILES string of the molecule is BrCCCCCCC(Br)Br. The van der Waals surface area contributed by atoms with Gasteiger partial charge in [-0.2, -0.15) is 0 Å². The van der Waals surface area contributed by atoms with Crippen LogP contribution in [0, 0.1) is 0 Å². The highest BCUT2D eigenvalue weighted by Gasteiger charge is 1.95. The van der Waals surface area contributed by atoms with Gasteiger partial charge in [-0.1, -0.05) is 67.1 Å². The molecule has 0 heterocycles. The van der Waals surface area contributed by atoms with Gasteiger partial charge in [-0.05, 0) is 12.8 Å². The topological polar surface area (TPSA) is 0 Å². The van der Waals surface area contributed by atoms with Gasteiger partial charge in [-0.25, -0.2) is 0 Å². The summed E-state index contributed by atoms with van der Waals surface area (Å²) in [6.07, 6.45) is 6.60. The van der Waals surface area contributed by atoms with Gasteiger partial charge in [0.1, 0.15) is 0 Å². The number of unbranched alkanes of at least 4 members (excludes halogenated alkanes) is 3. The molecule has 0 saturated carbocycles. The first-order valence-corrected chi connectivity index (χ1v) is 6.56. The van der Waals surface area contributed by atoms with Crippen LogP contribution in [0.5, 0.6) is 0 Å². The molecule has 0 aromatic rings. The third kappa shape index (κ3) is 9.44. The Morgan fingerprint density at radius 1 is 0.900 bits per heavy atom. The van der Waals surface area contributed by atoms with E-state index in [1.54, 1.807) is 0 Å². The van der Waals surface area contributed by atoms with Crippen molar-refractivity contribution in [2.24, 2.45) is 0 Å². The molecule has 0 aliphatic rings. The van der Waals surface area contributed by atoms with Gasteiger partial charge >= 0.3 is 0 Å². The second-order valence-electron chi connectivity index (χ2n) is 2.28. The molecule has 0 fully saturated rings. The molecule has 0 bridgehead atoms. The predicted octanol–water partition coefficient (Wildman–Crippen LogP) is 4.45. The Morgan fingerprint density at radius 3 is 2.00 bits per heavy atom. The quantitative estimate of drug-likeness (QED) is 0.496. The summed E-state index contributed by atoms with van der Waals surface area (Å²) >= 11 is 10.3. The van der Waals surface area contributed by atoms with Crippen molar-refractivity contribution >= 4 is 47.8 Å². The first kappa shape index (κ1) is 11.4. The number of alkyl halides is 3. The number of halogens is 3. The van der Waals surface area contributed by atoms with E-state index in [9.17, 15) is 0 Å². The molecule has 3 heteroatoms. The molecule has 0 amide bonds. The molecule has 0 saturated heterocycles. The molecular weight excluding hydrogens is 324 g/mol. The Morgan fingerprint density at radius 2 is 1.50 bits per heavy atom. The van der Waals surface area contributed by atoms with Crippen molar-refractivity contribution in [3.05, 3.63) is 0 Å². The van der Waals surface area contributed by atoms with Gasteiger partial charge in [0.15, 0.2) is 0 Å². The molecule has 0 aliphatic heterocycles. The maximum absolute atomic E-state index is 3.45. The maximum Gasteiger partial charge on any atom is 0.0697 e. The molecule has 0 atom stereocenters. The third-order valence-electron chi connectivity index (χ3n) is 1.31. The third-order valence-corrected chi connectivity index (χ3v) is 2.78. The van der Waals surface area contributed by atoms with Crippen molar-refractivity contribution < 1.29 is 0 Å². The molecule has 0 N–H and O–H groups in total. The highest BCUT2D eigenvalue weighted by Crippen LogP contribution is 2.16. The highest BCUT2D eigenvalue weighted by molar-refractivity contribution is 9.24. The van der Waals surface area contributed by atoms with Gasteiger partial charge in [-0.15, -0.1) is 0 Å². The summed E-state index contributed by atoms with van der Waals surface area (Å²) < 4.78 is 0.518. The van der Waals surface area contributed by atoms with Crippen molar-refractivity contribution in [1.29, 1.82) is 0 Å². The van der Waals surface area contributed by atoms with E-state index in [0.717, 1.165) is 5.33 Å². The largest absolute Gasteiger partial charge is 0.0928 e. The second kappa shape index (κ2) is 8.54. The van der Waals surface area contributed by atoms with Gasteiger partial charge in [0.05, 0.1) is 3.74 Å². The average molecular weight is 337 g/mol. The van der Waals surface area contributed by atoms with Crippen molar-refractivity contribution in [1.82, 2.24) is 0 Å². The van der Waals surface area contributed by atoms with Crippen molar-refractivity contribution in [2.75, 3.05) is 5.33 Å². The van der Waals surface area contributed by atoms with Crippen LogP contribution in [0.4, 0.5) is 0 Å². The molecule has 0 aromatic carbocycles. The molecule has 0 rings (SSSR count). The first-order chi connectivity index (χ1) is 4.77. The van der Waals surface area contributed by atoms with Crippen LogP contribution in [0.3, 0.4) is 0 Å². The summed E-state index contributed by atoms with van der Waals surface area (Å²) in [5.41, 5.74) is 0. The van der Waals surface area contributed by atoms with Crippen LogP contribution in [0.25, 0.3) is 0 Å². The van der Waals surface area contributed by atoms with Crippen LogP contribution < -0.4 is 0 Å². The lowest BCUT2D eigenvalue weighted by molar-refractivity contribution is 0.660. The zero-order valence-corrected chi connectivity index (χ0v) is 10.7. The van der Waals surface area contributed by atoms with Gasteiger partial charge in [-0.3, -0.25) is 0 Å². The first-order valence-electron chi connectivity index (χ1n) is 3.61. The summed E-state index contributed by atoms with van der Waals surface area (Å²) in [5.74, 6) is 0. The van der Waals surface area contributed by atoms with Gasteiger partial charge in [0.25, 0.3) is 0 Å². The van der Waals surface area contributed by atoms with E-state index in [4.69, 9.17) is 0 Å². The summed E-state index contributed by atoms with van der Waals surface area (Å²) in [4.78, 5) is 0. The van der Waals surface area contributed by atoms with E-state index in [1.165, 1.54) is 32.1 Å². The van der Waals surface area contributed by atoms with E-state index in [0.29, 0.717) is 3.74 Å². The number of hydrogen-bond acceptors (Lipinski definition) is 0. The highest BCUT2D eigenvalue weighted by atomic mass is 79.9. The Kier molecular flexibility index (Phi) is 9.76. The lowest BCUT2D eigenvalue weighted by Gasteiger charge is -1.99. The molecule has 0 spiro atoms. The van der Waals surface area contributed by atoms with Crippen LogP contribution in [0.1, 0.15) is 32.1 Å². The van der Waals surface area contributed by atoms with E-state index in [-0.39, 0.29) is 0 Å². The fourth-order valence-corrected chi connectivity index (χ4v) is 1.79. The Hall–Kier alpha value is 1.44. The van der Waals surface area contributed by atoms with Crippen LogP contribution in [-0.4, -0.2) is 9.07 Å². The minimum atomic E-state index is 0.518. The lowest BCUT2D eigenvalue weighted by atomic mass is 10.2. The van der Waals surface area contributed by atoms with Crippen LogP contribution in [0.15, 0.2) is 0 Å². The summed E-state index contributed by atoms with van der Waals surface area (Å²) in [6, 6.07) is 0. The minimum Gasteiger partial charge on any atom is -0.0928 e. The average Bonchev–Trinajstić information content (AvgIpc) is 1.87. The fraction of sp³-hybridized carbons (Fsp3) is 1.00. The molecule has 0 radical (unpaired) electrons. The van der Waals surface area contributed by atoms with E-state index in [2.05, 4.69) is 47.8 Å². The van der Waals surface area contributed by atoms with E-state index in [1.807, 2.05) is 0 Å². The Labute approximate surface area is 88.5 Å². The van der Waals surface area contributed by atoms with E-state index < -0.39 is 0 Å². The Balaban J connectivity index is 2.77. The van der Waals surface area contributed by atoms with Crippen molar-refractivity contribution in [3.63, 3.8) is 0 Å². The maximum atomic E-state index is 3.45. The summed E-state index contributed by atoms with van der Waals surface area (Å²) in [6.45, 7) is 0. The molecule has 0 nitrogen and oxygen atoms in total. The summed E-state index contributed by atoms with van der Waals surface area (Å²) in [7, 11) is 0. The molecule has 0 aromatic heterocycles. The lowest BCUT2D eigenvalue weighted by Crippen LogP contribution is -1.85. The minimum absolute atomic E-state index is 0.518. The molecule has 62 valence electrons. The zero-order valence-electron chi connectivity index (χ0n) is 5.95. The monoisotopic (exact) mass is 334 g/mol. The smallest absolute Gasteiger partial charge is 0.0697 e. The van der Waals surface area contributed by atoms with Crippen molar-refractivity contribution in [3.8, 4) is 0 Å². The van der Waals surface area contributed by atoms with Crippen LogP contribution in [0.2, 0.25) is 0 Å². The number of rotatable bonds is 6. The summed E-state index contributed by atoms with van der Waals surface area (Å²) in [5, 5.41) is 1.15. The normalized spacial score (nSPS) is 10.8. The number of hydrogen-bond donors (Lipinski definition) is 0. The molecule has 10 heavy (non-hydrogen) atoms. The molecule has 0 unspecified atom stereocenters. The standard InChI is InChI=1S/C7H13Br3/c8-6-4-2-1-3-5-7(9)10/h7H,1-6H2. The van der Waals surface area contributed by atoms with Crippen molar-refractivity contribution in [2.45, 2.75) is 35.8 Å². The fourth-order valence-electron chi connectivity index (χ4n) is 0.747. The zero-order chi connectivity index (χ0) is 7.82. The van der Waals surface area contributed by atoms with Gasteiger partial charge < -0.3 is 0 Å². The van der Waals surface area contributed by atoms with Crippen LogP contribution in [-0.2, 0) is 0 Å². The predicted molar refractivity (Wildman–Crippen MR) is 58.5 cm³/mol. The van der Waals surface area contributed by atoms with E-state index >= 15 is 0 Å². The Bertz CT molecular complexity index is 63.9. The molecular formula is C7H13Br3. The second-order valence-corrected chi connectivity index (χ2v) is 6.52. The molecule has 0 aliphatic carbocycles. The van der Waals surface area contributed by atoms with Gasteiger partial charge in [0.2, 0.25) is 0 Å². The van der Waals surface area contributed by atoms with Crippen LogP contribution >= 0.6 is 47.8 Å².